The fraction of sp³-hybridized carbons (Fsp3) is 0.579. The first-order chi connectivity index (χ1) is 12.0. The number of rotatable bonds is 4. The van der Waals surface area contributed by atoms with Gasteiger partial charge in [-0.05, 0) is 31.5 Å². The molecule has 1 aromatic rings. The van der Waals surface area contributed by atoms with Gasteiger partial charge in [0.2, 0.25) is 11.8 Å². The molecule has 1 spiro atoms. The number of ether oxygens (including phenoxy) is 2. The smallest absolute Gasteiger partial charge is 0.236 e. The van der Waals surface area contributed by atoms with E-state index in [2.05, 4.69) is 0 Å². The van der Waals surface area contributed by atoms with Gasteiger partial charge in [-0.2, -0.15) is 0 Å². The third-order valence-corrected chi connectivity index (χ3v) is 4.92. The molecule has 0 unspecified atom stereocenters. The maximum absolute atomic E-state index is 12.6. The lowest BCUT2D eigenvalue weighted by molar-refractivity contribution is -0.187. The van der Waals surface area contributed by atoms with E-state index in [1.165, 1.54) is 0 Å². The van der Waals surface area contributed by atoms with Crippen molar-refractivity contribution >= 4 is 17.5 Å². The molecule has 3 rings (SSSR count). The molecule has 2 aliphatic rings. The van der Waals surface area contributed by atoms with Crippen LogP contribution in [0.4, 0.5) is 5.69 Å². The standard InChI is InChI=1S/C19H26N2O4/c1-3-21(16-6-4-5-15(2)13-16)18(23)14-17(22)20-9-7-19(8-10-20)24-11-12-25-19/h4-6,13H,3,7-12,14H2,1-2H3. The molecule has 136 valence electrons. The van der Waals surface area contributed by atoms with Crippen molar-refractivity contribution in [2.75, 3.05) is 37.7 Å². The molecule has 2 heterocycles. The third-order valence-electron chi connectivity index (χ3n) is 4.92. The van der Waals surface area contributed by atoms with Crippen molar-refractivity contribution in [1.82, 2.24) is 4.90 Å². The SMILES string of the molecule is CCN(C(=O)CC(=O)N1CCC2(CC1)OCCO2)c1cccc(C)c1. The first-order valence-corrected chi connectivity index (χ1v) is 8.96. The van der Waals surface area contributed by atoms with Crippen LogP contribution in [0.15, 0.2) is 24.3 Å². The minimum Gasteiger partial charge on any atom is -0.347 e. The van der Waals surface area contributed by atoms with Crippen molar-refractivity contribution in [3.63, 3.8) is 0 Å². The second-order valence-corrected chi connectivity index (χ2v) is 6.64. The van der Waals surface area contributed by atoms with E-state index < -0.39 is 5.79 Å². The zero-order valence-electron chi connectivity index (χ0n) is 15.0. The number of likely N-dealkylation sites (tertiary alicyclic amines) is 1. The normalized spacial score (nSPS) is 19.2. The van der Waals surface area contributed by atoms with E-state index >= 15 is 0 Å². The summed E-state index contributed by atoms with van der Waals surface area (Å²) in [5, 5.41) is 0. The van der Waals surface area contributed by atoms with Gasteiger partial charge >= 0.3 is 0 Å². The molecule has 0 saturated carbocycles. The molecule has 6 heteroatoms. The molecule has 0 radical (unpaired) electrons. The molecule has 2 aliphatic heterocycles. The topological polar surface area (TPSA) is 59.1 Å². The van der Waals surface area contributed by atoms with Crippen LogP contribution >= 0.6 is 0 Å². The minimum atomic E-state index is -0.502. The van der Waals surface area contributed by atoms with Crippen LogP contribution in [-0.2, 0) is 19.1 Å². The number of hydrogen-bond acceptors (Lipinski definition) is 4. The van der Waals surface area contributed by atoms with Crippen molar-refractivity contribution < 1.29 is 19.1 Å². The number of nitrogens with zero attached hydrogens (tertiary/aromatic N) is 2. The molecule has 0 aromatic heterocycles. The Morgan fingerprint density at radius 2 is 1.88 bits per heavy atom. The highest BCUT2D eigenvalue weighted by Crippen LogP contribution is 2.31. The Bertz CT molecular complexity index is 630. The van der Waals surface area contributed by atoms with Gasteiger partial charge in [-0.3, -0.25) is 9.59 Å². The van der Waals surface area contributed by atoms with Crippen LogP contribution in [0, 0.1) is 6.92 Å². The molecule has 6 nitrogen and oxygen atoms in total. The molecular weight excluding hydrogens is 320 g/mol. The quantitative estimate of drug-likeness (QED) is 0.784. The molecular formula is C19H26N2O4. The van der Waals surface area contributed by atoms with Crippen molar-refractivity contribution in [2.45, 2.75) is 38.9 Å². The van der Waals surface area contributed by atoms with Crippen LogP contribution in [0.25, 0.3) is 0 Å². The van der Waals surface area contributed by atoms with Gasteiger partial charge in [0, 0.05) is 38.2 Å². The van der Waals surface area contributed by atoms with Crippen LogP contribution in [-0.4, -0.2) is 55.3 Å². The summed E-state index contributed by atoms with van der Waals surface area (Å²) in [6, 6.07) is 7.78. The first kappa shape index (κ1) is 17.9. The number of piperidine rings is 1. The first-order valence-electron chi connectivity index (χ1n) is 8.96. The third kappa shape index (κ3) is 4.02. The molecule has 2 fully saturated rings. The second kappa shape index (κ2) is 7.54. The summed E-state index contributed by atoms with van der Waals surface area (Å²) in [6.45, 7) is 6.84. The Morgan fingerprint density at radius 1 is 1.20 bits per heavy atom. The van der Waals surface area contributed by atoms with Crippen LogP contribution < -0.4 is 4.90 Å². The van der Waals surface area contributed by atoms with E-state index in [0.29, 0.717) is 45.7 Å². The highest BCUT2D eigenvalue weighted by molar-refractivity contribution is 6.05. The lowest BCUT2D eigenvalue weighted by Gasteiger charge is -2.37. The number of aryl methyl sites for hydroxylation is 1. The zero-order chi connectivity index (χ0) is 17.9. The van der Waals surface area contributed by atoms with Gasteiger partial charge in [0.15, 0.2) is 5.79 Å². The Balaban J connectivity index is 1.57. The molecule has 2 amide bonds. The molecule has 0 bridgehead atoms. The van der Waals surface area contributed by atoms with Crippen LogP contribution in [0.3, 0.4) is 0 Å². The highest BCUT2D eigenvalue weighted by atomic mass is 16.7. The molecule has 1 aromatic carbocycles. The highest BCUT2D eigenvalue weighted by Gasteiger charge is 2.41. The Labute approximate surface area is 148 Å². The summed E-state index contributed by atoms with van der Waals surface area (Å²) >= 11 is 0. The van der Waals surface area contributed by atoms with Crippen molar-refractivity contribution in [3.8, 4) is 0 Å². The van der Waals surface area contributed by atoms with E-state index in [1.54, 1.807) is 9.80 Å². The molecule has 0 N–H and O–H groups in total. The van der Waals surface area contributed by atoms with Crippen LogP contribution in [0.1, 0.15) is 31.7 Å². The summed E-state index contributed by atoms with van der Waals surface area (Å²) in [4.78, 5) is 28.6. The van der Waals surface area contributed by atoms with E-state index in [0.717, 1.165) is 11.3 Å². The predicted octanol–water partition coefficient (Wildman–Crippen LogP) is 2.10. The number of hydrogen-bond donors (Lipinski definition) is 0. The summed E-state index contributed by atoms with van der Waals surface area (Å²) in [5.41, 5.74) is 1.93. The number of carbonyl (C=O) groups is 2. The van der Waals surface area contributed by atoms with Gasteiger partial charge in [0.25, 0.3) is 0 Å². The van der Waals surface area contributed by atoms with E-state index in [1.807, 2.05) is 38.1 Å². The average molecular weight is 346 g/mol. The Hall–Kier alpha value is -1.92. The fourth-order valence-electron chi connectivity index (χ4n) is 3.52. The van der Waals surface area contributed by atoms with E-state index in [4.69, 9.17) is 9.47 Å². The van der Waals surface area contributed by atoms with Crippen LogP contribution in [0.5, 0.6) is 0 Å². The summed E-state index contributed by atoms with van der Waals surface area (Å²) < 4.78 is 11.4. The number of amides is 2. The van der Waals surface area contributed by atoms with Crippen molar-refractivity contribution in [1.29, 1.82) is 0 Å². The van der Waals surface area contributed by atoms with Gasteiger partial charge in [-0.25, -0.2) is 0 Å². The molecule has 25 heavy (non-hydrogen) atoms. The average Bonchev–Trinajstić information content (AvgIpc) is 3.04. The monoisotopic (exact) mass is 346 g/mol. The number of carbonyl (C=O) groups excluding carboxylic acids is 2. The van der Waals surface area contributed by atoms with Crippen molar-refractivity contribution in [3.05, 3.63) is 29.8 Å². The maximum atomic E-state index is 12.6. The largest absolute Gasteiger partial charge is 0.347 e. The van der Waals surface area contributed by atoms with Gasteiger partial charge < -0.3 is 19.3 Å². The number of anilines is 1. The Kier molecular flexibility index (Phi) is 5.39. The van der Waals surface area contributed by atoms with Gasteiger partial charge in [0.05, 0.1) is 13.2 Å². The van der Waals surface area contributed by atoms with Crippen molar-refractivity contribution in [2.24, 2.45) is 0 Å². The predicted molar refractivity (Wildman–Crippen MR) is 94.3 cm³/mol. The number of benzene rings is 1. The van der Waals surface area contributed by atoms with Gasteiger partial charge in [0.1, 0.15) is 6.42 Å². The summed E-state index contributed by atoms with van der Waals surface area (Å²) in [5.74, 6) is -0.784. The van der Waals surface area contributed by atoms with Gasteiger partial charge in [-0.15, -0.1) is 0 Å². The Morgan fingerprint density at radius 3 is 2.48 bits per heavy atom. The fourth-order valence-corrected chi connectivity index (χ4v) is 3.52. The van der Waals surface area contributed by atoms with E-state index in [9.17, 15) is 9.59 Å². The molecule has 0 aliphatic carbocycles. The zero-order valence-corrected chi connectivity index (χ0v) is 15.0. The van der Waals surface area contributed by atoms with Gasteiger partial charge in [-0.1, -0.05) is 12.1 Å². The maximum Gasteiger partial charge on any atom is 0.236 e. The minimum absolute atomic E-state index is 0.101. The molecule has 2 saturated heterocycles. The lowest BCUT2D eigenvalue weighted by Crippen LogP contribution is -2.48. The summed E-state index contributed by atoms with van der Waals surface area (Å²) in [7, 11) is 0. The lowest BCUT2D eigenvalue weighted by atomic mass is 10.0. The second-order valence-electron chi connectivity index (χ2n) is 6.64. The van der Waals surface area contributed by atoms with E-state index in [-0.39, 0.29) is 18.2 Å². The summed E-state index contributed by atoms with van der Waals surface area (Å²) in [6.07, 6.45) is 1.24. The van der Waals surface area contributed by atoms with Crippen LogP contribution in [0.2, 0.25) is 0 Å². The molecule has 0 atom stereocenters.